The molecular formula is C20H26N2O3S. The Balaban J connectivity index is 2.28. The number of carbonyl (C=O) groups excluding carboxylic acids is 1. The van der Waals surface area contributed by atoms with E-state index in [2.05, 4.69) is 36.0 Å². The molecule has 140 valence electrons. The first kappa shape index (κ1) is 20.0. The highest BCUT2D eigenvalue weighted by Gasteiger charge is 2.18. The van der Waals surface area contributed by atoms with E-state index in [-0.39, 0.29) is 11.9 Å². The molecule has 0 spiro atoms. The van der Waals surface area contributed by atoms with Crippen molar-refractivity contribution in [1.82, 2.24) is 5.32 Å². The summed E-state index contributed by atoms with van der Waals surface area (Å²) >= 11 is 0. The molecule has 0 aromatic heterocycles. The van der Waals surface area contributed by atoms with E-state index in [1.165, 1.54) is 11.1 Å². The molecule has 2 N–H and O–H groups in total. The number of sulfonamides is 1. The standard InChI is InChI=1S/C20H26N2O3S/c1-6-18(16-11-10-13(2)14(3)12-16)21-20(23)17-8-7-9-19(15(17)4)22-26(5,24)25/h7-12,18,22H,6H2,1-5H3,(H,21,23)/t18-/m1/s1. The fourth-order valence-electron chi connectivity index (χ4n) is 2.83. The van der Waals surface area contributed by atoms with Gasteiger partial charge in [-0.1, -0.05) is 31.2 Å². The Morgan fingerprint density at radius 2 is 1.77 bits per heavy atom. The summed E-state index contributed by atoms with van der Waals surface area (Å²) in [7, 11) is -3.40. The average molecular weight is 375 g/mol. The largest absolute Gasteiger partial charge is 0.345 e. The van der Waals surface area contributed by atoms with Crippen LogP contribution in [0.25, 0.3) is 0 Å². The third kappa shape index (κ3) is 4.85. The normalized spacial score (nSPS) is 12.5. The van der Waals surface area contributed by atoms with Gasteiger partial charge in [-0.3, -0.25) is 9.52 Å². The van der Waals surface area contributed by atoms with Gasteiger partial charge in [0.1, 0.15) is 0 Å². The Bertz CT molecular complexity index is 921. The quantitative estimate of drug-likeness (QED) is 0.806. The molecule has 2 aromatic carbocycles. The molecule has 0 bridgehead atoms. The Hall–Kier alpha value is -2.34. The first-order valence-electron chi connectivity index (χ1n) is 8.57. The van der Waals surface area contributed by atoms with Gasteiger partial charge in [-0.2, -0.15) is 0 Å². The molecule has 26 heavy (non-hydrogen) atoms. The highest BCUT2D eigenvalue weighted by atomic mass is 32.2. The first-order chi connectivity index (χ1) is 12.1. The van der Waals surface area contributed by atoms with E-state index in [1.807, 2.05) is 13.0 Å². The molecule has 0 aliphatic rings. The van der Waals surface area contributed by atoms with Crippen LogP contribution >= 0.6 is 0 Å². The topological polar surface area (TPSA) is 75.3 Å². The molecular weight excluding hydrogens is 348 g/mol. The summed E-state index contributed by atoms with van der Waals surface area (Å²) in [6.45, 7) is 7.87. The summed E-state index contributed by atoms with van der Waals surface area (Å²) in [5, 5.41) is 3.06. The third-order valence-corrected chi connectivity index (χ3v) is 5.11. The molecule has 0 heterocycles. The molecule has 0 aliphatic carbocycles. The average Bonchev–Trinajstić information content (AvgIpc) is 2.55. The van der Waals surface area contributed by atoms with E-state index in [1.54, 1.807) is 25.1 Å². The minimum Gasteiger partial charge on any atom is -0.345 e. The molecule has 0 saturated heterocycles. The van der Waals surface area contributed by atoms with Crippen LogP contribution in [0.4, 0.5) is 5.69 Å². The minimum atomic E-state index is -3.40. The van der Waals surface area contributed by atoms with Crippen LogP contribution in [0.3, 0.4) is 0 Å². The number of hydrogen-bond acceptors (Lipinski definition) is 3. The van der Waals surface area contributed by atoms with Crippen LogP contribution in [-0.2, 0) is 10.0 Å². The Labute approximate surface area is 155 Å². The Morgan fingerprint density at radius 1 is 1.08 bits per heavy atom. The van der Waals surface area contributed by atoms with Gasteiger partial charge in [0.25, 0.3) is 5.91 Å². The lowest BCUT2D eigenvalue weighted by atomic mass is 9.98. The van der Waals surface area contributed by atoms with Gasteiger partial charge in [0.15, 0.2) is 0 Å². The summed E-state index contributed by atoms with van der Waals surface area (Å²) in [4.78, 5) is 12.8. The number of benzene rings is 2. The summed E-state index contributed by atoms with van der Waals surface area (Å²) in [5.41, 5.74) is 4.94. The molecule has 1 atom stereocenters. The lowest BCUT2D eigenvalue weighted by Crippen LogP contribution is -2.29. The number of anilines is 1. The SMILES string of the molecule is CC[C@@H](NC(=O)c1cccc(NS(C)(=O)=O)c1C)c1ccc(C)c(C)c1. The maximum absolute atomic E-state index is 12.8. The molecule has 2 aromatic rings. The van der Waals surface area contributed by atoms with Gasteiger partial charge < -0.3 is 5.32 Å². The van der Waals surface area contributed by atoms with E-state index in [0.717, 1.165) is 18.2 Å². The van der Waals surface area contributed by atoms with Gasteiger partial charge in [-0.25, -0.2) is 8.42 Å². The van der Waals surface area contributed by atoms with Gasteiger partial charge in [-0.05, 0) is 61.6 Å². The molecule has 5 nitrogen and oxygen atoms in total. The second-order valence-electron chi connectivity index (χ2n) is 6.63. The number of carbonyl (C=O) groups is 1. The molecule has 0 radical (unpaired) electrons. The summed E-state index contributed by atoms with van der Waals surface area (Å²) < 4.78 is 25.4. The molecule has 0 saturated carbocycles. The molecule has 0 fully saturated rings. The van der Waals surface area contributed by atoms with Gasteiger partial charge in [-0.15, -0.1) is 0 Å². The fourth-order valence-corrected chi connectivity index (χ4v) is 3.45. The van der Waals surface area contributed by atoms with Gasteiger partial charge in [0.05, 0.1) is 18.0 Å². The van der Waals surface area contributed by atoms with Gasteiger partial charge >= 0.3 is 0 Å². The van der Waals surface area contributed by atoms with E-state index in [0.29, 0.717) is 16.8 Å². The molecule has 0 aliphatic heterocycles. The van der Waals surface area contributed by atoms with Crippen molar-refractivity contribution in [1.29, 1.82) is 0 Å². The number of nitrogens with one attached hydrogen (secondary N) is 2. The number of amides is 1. The maximum Gasteiger partial charge on any atom is 0.252 e. The number of rotatable bonds is 6. The Kier molecular flexibility index (Phi) is 6.08. The Morgan fingerprint density at radius 3 is 2.35 bits per heavy atom. The lowest BCUT2D eigenvalue weighted by molar-refractivity contribution is 0.0935. The van der Waals surface area contributed by atoms with Crippen molar-refractivity contribution in [2.45, 2.75) is 40.2 Å². The zero-order chi connectivity index (χ0) is 19.5. The third-order valence-electron chi connectivity index (χ3n) is 4.52. The summed E-state index contributed by atoms with van der Waals surface area (Å²) in [6, 6.07) is 11.1. The molecule has 0 unspecified atom stereocenters. The van der Waals surface area contributed by atoms with Crippen molar-refractivity contribution in [2.24, 2.45) is 0 Å². The van der Waals surface area contributed by atoms with Crippen LogP contribution < -0.4 is 10.0 Å². The van der Waals surface area contributed by atoms with Gasteiger partial charge in [0.2, 0.25) is 10.0 Å². The van der Waals surface area contributed by atoms with E-state index in [4.69, 9.17) is 0 Å². The highest BCUT2D eigenvalue weighted by molar-refractivity contribution is 7.92. The van der Waals surface area contributed by atoms with Crippen LogP contribution in [0.5, 0.6) is 0 Å². The molecule has 2 rings (SSSR count). The van der Waals surface area contributed by atoms with Crippen molar-refractivity contribution in [2.75, 3.05) is 11.0 Å². The van der Waals surface area contributed by atoms with Crippen molar-refractivity contribution < 1.29 is 13.2 Å². The zero-order valence-electron chi connectivity index (χ0n) is 15.9. The van der Waals surface area contributed by atoms with Crippen molar-refractivity contribution in [3.63, 3.8) is 0 Å². The van der Waals surface area contributed by atoms with Crippen LogP contribution in [0.15, 0.2) is 36.4 Å². The summed E-state index contributed by atoms with van der Waals surface area (Å²) in [5.74, 6) is -0.218. The van der Waals surface area contributed by atoms with Crippen molar-refractivity contribution in [3.8, 4) is 0 Å². The lowest BCUT2D eigenvalue weighted by Gasteiger charge is -2.20. The second kappa shape index (κ2) is 7.91. The number of aryl methyl sites for hydroxylation is 2. The predicted octanol–water partition coefficient (Wildman–Crippen LogP) is 3.86. The fraction of sp³-hybridized carbons (Fsp3) is 0.350. The van der Waals surface area contributed by atoms with Crippen LogP contribution in [-0.4, -0.2) is 20.6 Å². The van der Waals surface area contributed by atoms with Crippen LogP contribution in [0.1, 0.15) is 52.0 Å². The highest BCUT2D eigenvalue weighted by Crippen LogP contribution is 2.23. The molecule has 6 heteroatoms. The monoisotopic (exact) mass is 374 g/mol. The second-order valence-corrected chi connectivity index (χ2v) is 8.38. The van der Waals surface area contributed by atoms with Gasteiger partial charge in [0, 0.05) is 5.56 Å². The summed E-state index contributed by atoms with van der Waals surface area (Å²) in [6.07, 6.45) is 1.85. The van der Waals surface area contributed by atoms with E-state index < -0.39 is 10.0 Å². The van der Waals surface area contributed by atoms with E-state index >= 15 is 0 Å². The van der Waals surface area contributed by atoms with Crippen molar-refractivity contribution in [3.05, 3.63) is 64.2 Å². The van der Waals surface area contributed by atoms with Crippen LogP contribution in [0, 0.1) is 20.8 Å². The maximum atomic E-state index is 12.8. The molecule has 1 amide bonds. The smallest absolute Gasteiger partial charge is 0.252 e. The first-order valence-corrected chi connectivity index (χ1v) is 10.5. The number of hydrogen-bond donors (Lipinski definition) is 2. The van der Waals surface area contributed by atoms with Crippen LogP contribution in [0.2, 0.25) is 0 Å². The van der Waals surface area contributed by atoms with E-state index in [9.17, 15) is 13.2 Å². The van der Waals surface area contributed by atoms with Crippen molar-refractivity contribution >= 4 is 21.6 Å². The zero-order valence-corrected chi connectivity index (χ0v) is 16.7. The minimum absolute atomic E-state index is 0.104. The predicted molar refractivity (Wildman–Crippen MR) is 106 cm³/mol.